The van der Waals surface area contributed by atoms with E-state index in [1.54, 1.807) is 0 Å². The van der Waals surface area contributed by atoms with E-state index in [4.69, 9.17) is 23.6 Å². The molecule has 0 N–H and O–H groups in total. The third-order valence-corrected chi connectivity index (χ3v) is 11.3. The number of hydrogen-bond donors (Lipinski definition) is 0. The number of para-hydroxylation sites is 3. The third kappa shape index (κ3) is 5.42. The predicted octanol–water partition coefficient (Wildman–Crippen LogP) is 17.1. The molecule has 2 nitrogen and oxygen atoms in total. The zero-order valence-electron chi connectivity index (χ0n) is 76.9. The summed E-state index contributed by atoms with van der Waals surface area (Å²) in [4.78, 5) is 0.0741. The zero-order chi connectivity index (χ0) is 82.1. The molecule has 0 spiro atoms. The lowest BCUT2D eigenvalue weighted by Gasteiger charge is -2.34. The van der Waals surface area contributed by atoms with E-state index in [9.17, 15) is 41.1 Å². The van der Waals surface area contributed by atoms with Crippen molar-refractivity contribution in [3.63, 3.8) is 0 Å². The second-order valence-electron chi connectivity index (χ2n) is 14.6. The van der Waals surface area contributed by atoms with Crippen molar-refractivity contribution in [1.82, 2.24) is 0 Å². The first-order chi connectivity index (χ1) is 50.8. The van der Waals surface area contributed by atoms with Crippen LogP contribution in [-0.4, -0.2) is 0 Å². The van der Waals surface area contributed by atoms with Crippen molar-refractivity contribution < 1.29 is 64.7 Å². The van der Waals surface area contributed by atoms with Gasteiger partial charge < -0.3 is 9.32 Å². The maximum atomic E-state index is 10.3. The Morgan fingerprint density at radius 1 is 0.409 bits per heavy atom. The van der Waals surface area contributed by atoms with Crippen LogP contribution in [0.5, 0.6) is 0 Å². The number of furan rings is 1. The van der Waals surface area contributed by atoms with Crippen LogP contribution >= 0.6 is 0 Å². The van der Waals surface area contributed by atoms with Crippen LogP contribution in [-0.2, 0) is 10.8 Å². The van der Waals surface area contributed by atoms with E-state index in [1.165, 1.54) is 0 Å². The molecule has 0 unspecified atom stereocenters. The first-order valence-electron chi connectivity index (χ1n) is 41.4. The molecular weight excluding hydrogens is 799 g/mol. The topological polar surface area (TPSA) is 16.4 Å². The molecule has 0 amide bonds. The number of benzene rings is 10. The second-order valence-corrected chi connectivity index (χ2v) is 14.6. The molecule has 0 radical (unpaired) electrons. The minimum atomic E-state index is -4.24. The van der Waals surface area contributed by atoms with Crippen LogP contribution in [0.4, 0.5) is 17.1 Å². The summed E-state index contributed by atoms with van der Waals surface area (Å²) in [5.41, 5.74) is -31.1. The Kier molecular flexibility index (Phi) is 3.20. The van der Waals surface area contributed by atoms with Gasteiger partial charge in [0, 0.05) is 46.8 Å². The SMILES string of the molecule is [2H]c1cc2c(c([2H])c1[2H])-c1c(-c3c([2H])c([2H])c([2H])c([2H])c3N(c3c([2H])c([2H])c(-c4c([2H])c([2H])c([2H])c5c4oc4c([2H])c([2H])c([2H])c([2H])c45)c([2H])c3[2H])c3c([2H])c([2H])c([2H])c4c3-c3c([2H])c([2H])c([2H])c([2H])c3C4(C([2H])([2H])[2H])C([2H])([2H])[2H])c([2H])c([2H])c([2H])c1C2(c1c([2H])c([2H])c([2H])c([2H])c1[2H])c1c([2H])c([2H])c([2H])c([2H])c1[2H]. The van der Waals surface area contributed by atoms with Crippen molar-refractivity contribution >= 4 is 39.0 Å². The summed E-state index contributed by atoms with van der Waals surface area (Å²) in [5, 5.41) is -1.26. The highest BCUT2D eigenvalue weighted by molar-refractivity contribution is 6.10. The molecule has 1 heterocycles. The van der Waals surface area contributed by atoms with Crippen LogP contribution in [0.15, 0.2) is 240 Å². The van der Waals surface area contributed by atoms with Crippen LogP contribution in [0.3, 0.4) is 0 Å². The van der Waals surface area contributed by atoms with Crippen molar-refractivity contribution in [2.24, 2.45) is 0 Å². The second kappa shape index (κ2) is 14.7. The fourth-order valence-electron chi connectivity index (χ4n) is 8.65. The molecule has 0 atom stereocenters. The van der Waals surface area contributed by atoms with Gasteiger partial charge in [0.2, 0.25) is 0 Å². The van der Waals surface area contributed by atoms with Crippen LogP contribution < -0.4 is 4.90 Å². The average Bonchev–Trinajstić information content (AvgIpc) is 1.49. The molecule has 2 aliphatic rings. The molecule has 1 aromatic heterocycles. The molecule has 0 aliphatic heterocycles. The van der Waals surface area contributed by atoms with Crippen molar-refractivity contribution in [3.05, 3.63) is 269 Å². The quantitative estimate of drug-likeness (QED) is 0.159. The Balaban J connectivity index is 1.35. The van der Waals surface area contributed by atoms with Gasteiger partial charge >= 0.3 is 0 Å². The monoisotopic (exact) mass is 888 g/mol. The van der Waals surface area contributed by atoms with Crippen molar-refractivity contribution in [1.29, 1.82) is 0 Å². The average molecular weight is 888 g/mol. The molecule has 0 saturated carbocycles. The molecule has 0 saturated heterocycles. The molecule has 312 valence electrons. The van der Waals surface area contributed by atoms with Gasteiger partial charge in [-0.2, -0.15) is 0 Å². The van der Waals surface area contributed by atoms with Crippen LogP contribution in [0.25, 0.3) is 66.4 Å². The van der Waals surface area contributed by atoms with Gasteiger partial charge in [0.1, 0.15) is 11.2 Å². The molecule has 0 bridgehead atoms. The summed E-state index contributed by atoms with van der Waals surface area (Å²) < 4.78 is 421. The predicted molar refractivity (Wildman–Crippen MR) is 274 cm³/mol. The first-order valence-corrected chi connectivity index (χ1v) is 19.4. The van der Waals surface area contributed by atoms with Crippen LogP contribution in [0.1, 0.15) is 107 Å². The maximum Gasteiger partial charge on any atom is 0.143 e. The van der Waals surface area contributed by atoms with Gasteiger partial charge in [-0.05, 0) is 91.4 Å². The number of nitrogens with zero attached hydrogens (tertiary/aromatic N) is 1. The van der Waals surface area contributed by atoms with Crippen molar-refractivity contribution in [2.45, 2.75) is 24.5 Å². The van der Waals surface area contributed by atoms with Crippen molar-refractivity contribution in [3.8, 4) is 44.5 Å². The van der Waals surface area contributed by atoms with E-state index < -0.39 is 371 Å². The van der Waals surface area contributed by atoms with E-state index >= 15 is 0 Å². The summed E-state index contributed by atoms with van der Waals surface area (Å²) in [6, 6.07) is -49.5. The largest absolute Gasteiger partial charge is 0.455 e. The standard InChI is InChI=1S/C64H45NO/c1-63(2)53-31-13-9-26-51(53)61-55(63)33-19-36-58(61)65(45-40-38-42(39-41-45)46-28-17-30-50-48-25-12-16-37-59(48)66-62(46)50)57-35-15-11-24-47(57)49-29-18-34-56-60(49)52-27-10-14-32-54(52)64(56,43-20-5-3-6-21-43)44-22-7-4-8-23-44/h3-41H,1-2H3/i1D3,2D3,3D,4D,5D,6D,7D,8D,9D,10D,11D,12D,13D,14D,15D,16D,17D,18D,19D,20D,21D,22D,23D,24D,25D,26D,27D,28D,29D,30D,31D,33D,34D,35D,36D,37D,38D,39D,40D,41D. The van der Waals surface area contributed by atoms with E-state index in [2.05, 4.69) is 0 Å². The summed E-state index contributed by atoms with van der Waals surface area (Å²) in [6.07, 6.45) is 0. The van der Waals surface area contributed by atoms with Gasteiger partial charge in [-0.15, -0.1) is 0 Å². The van der Waals surface area contributed by atoms with Gasteiger partial charge in [0.15, 0.2) is 0 Å². The van der Waals surface area contributed by atoms with E-state index in [-0.39, 0.29) is 4.90 Å². The molecule has 10 aromatic carbocycles. The Morgan fingerprint density at radius 3 is 1.76 bits per heavy atom. The summed E-state index contributed by atoms with van der Waals surface area (Å²) >= 11 is 0. The van der Waals surface area contributed by atoms with Crippen molar-refractivity contribution in [2.75, 3.05) is 4.90 Å². The molecule has 13 rings (SSSR count). The fraction of sp³-hybridized carbons (Fsp3) is 0.0625. The molecule has 2 heteroatoms. The lowest BCUT2D eigenvalue weighted by atomic mass is 9.67. The Morgan fingerprint density at radius 2 is 0.970 bits per heavy atom. The first kappa shape index (κ1) is 14.4. The summed E-state index contributed by atoms with van der Waals surface area (Å²) in [7, 11) is 0. The lowest BCUT2D eigenvalue weighted by molar-refractivity contribution is 0.660. The Bertz CT molecular complexity index is 6010. The van der Waals surface area contributed by atoms with E-state index in [0.29, 0.717) is 6.07 Å². The van der Waals surface area contributed by atoms with Gasteiger partial charge in [-0.3, -0.25) is 0 Å². The van der Waals surface area contributed by atoms with Gasteiger partial charge in [-0.1, -0.05) is 219 Å². The third-order valence-electron chi connectivity index (χ3n) is 11.3. The van der Waals surface area contributed by atoms with Crippen LogP contribution in [0.2, 0.25) is 0 Å². The van der Waals surface area contributed by atoms with Gasteiger partial charge in [0.25, 0.3) is 0 Å². The minimum Gasteiger partial charge on any atom is -0.455 e. The number of hydrogen-bond acceptors (Lipinski definition) is 2. The lowest BCUT2D eigenvalue weighted by Crippen LogP contribution is -2.28. The Hall–Kier alpha value is -8.20. The molecule has 2 aliphatic carbocycles. The number of rotatable bonds is 7. The highest BCUT2D eigenvalue weighted by Crippen LogP contribution is 2.60. The van der Waals surface area contributed by atoms with Gasteiger partial charge in [-0.25, -0.2) is 0 Å². The minimum absolute atomic E-state index is 0.0741. The highest BCUT2D eigenvalue weighted by atomic mass is 16.3. The van der Waals surface area contributed by atoms with E-state index in [1.807, 2.05) is 0 Å². The van der Waals surface area contributed by atoms with E-state index in [0.717, 1.165) is 0 Å². The van der Waals surface area contributed by atoms with Crippen LogP contribution in [0, 0.1) is 0 Å². The maximum absolute atomic E-state index is 10.3. The smallest absolute Gasteiger partial charge is 0.143 e. The number of fused-ring (bicyclic) bond motifs is 9. The molecular formula is C64H45NO. The van der Waals surface area contributed by atoms with Gasteiger partial charge in [0.05, 0.1) is 68.9 Å². The fourth-order valence-corrected chi connectivity index (χ4v) is 8.65. The molecule has 66 heavy (non-hydrogen) atoms. The zero-order valence-corrected chi connectivity index (χ0v) is 32.9. The number of anilines is 3. The molecule has 0 fully saturated rings. The highest BCUT2D eigenvalue weighted by Gasteiger charge is 2.47. The molecule has 11 aromatic rings. The normalized spacial score (nSPS) is 23.6. The summed E-state index contributed by atoms with van der Waals surface area (Å²) in [6.45, 7) is -8.48. The summed E-state index contributed by atoms with van der Waals surface area (Å²) in [5.74, 6) is 0. The Labute approximate surface area is 447 Å².